The van der Waals surface area contributed by atoms with Gasteiger partial charge in [-0.1, -0.05) is 41.4 Å². The van der Waals surface area contributed by atoms with Gasteiger partial charge in [0.25, 0.3) is 0 Å². The van der Waals surface area contributed by atoms with Crippen molar-refractivity contribution in [2.75, 3.05) is 0 Å². The molecule has 1 heterocycles. The second kappa shape index (κ2) is 5.48. The summed E-state index contributed by atoms with van der Waals surface area (Å²) in [7, 11) is 0. The van der Waals surface area contributed by atoms with Gasteiger partial charge in [-0.05, 0) is 24.6 Å². The van der Waals surface area contributed by atoms with Gasteiger partial charge in [-0.3, -0.25) is 4.79 Å². The van der Waals surface area contributed by atoms with Crippen LogP contribution in [-0.4, -0.2) is 5.78 Å². The summed E-state index contributed by atoms with van der Waals surface area (Å²) in [5.41, 5.74) is 2.27. The van der Waals surface area contributed by atoms with Crippen molar-refractivity contribution in [3.63, 3.8) is 0 Å². The first-order valence-electron chi connectivity index (χ1n) is 5.45. The first-order valence-corrected chi connectivity index (χ1v) is 6.64. The van der Waals surface area contributed by atoms with Crippen LogP contribution in [0.15, 0.2) is 36.4 Å². The van der Waals surface area contributed by atoms with Crippen molar-refractivity contribution >= 4 is 28.7 Å². The molecule has 0 aliphatic carbocycles. The molecule has 0 radical (unpaired) electrons. The molecule has 0 amide bonds. The Labute approximate surface area is 110 Å². The molecular formula is C14H13ClOS. The highest BCUT2D eigenvalue weighted by Crippen LogP contribution is 2.22. The zero-order valence-corrected chi connectivity index (χ0v) is 11.1. The van der Waals surface area contributed by atoms with Gasteiger partial charge in [0.05, 0.1) is 4.34 Å². The van der Waals surface area contributed by atoms with Crippen LogP contribution in [0.4, 0.5) is 0 Å². The lowest BCUT2D eigenvalue weighted by Crippen LogP contribution is -2.05. The minimum Gasteiger partial charge on any atom is -0.299 e. The largest absolute Gasteiger partial charge is 0.299 e. The van der Waals surface area contributed by atoms with Gasteiger partial charge in [0.15, 0.2) is 0 Å². The van der Waals surface area contributed by atoms with Crippen molar-refractivity contribution in [3.8, 4) is 0 Å². The Morgan fingerprint density at radius 2 is 2.06 bits per heavy atom. The molecule has 1 aromatic heterocycles. The standard InChI is InChI=1S/C14H13ClOS/c1-10-3-2-4-11(7-10)8-12(16)9-13-5-6-14(15)17-13/h2-7H,8-9H2,1H3. The van der Waals surface area contributed by atoms with Crippen LogP contribution < -0.4 is 0 Å². The Kier molecular flexibility index (Phi) is 3.97. The molecule has 1 aromatic carbocycles. The van der Waals surface area contributed by atoms with Crippen molar-refractivity contribution in [2.45, 2.75) is 19.8 Å². The highest BCUT2D eigenvalue weighted by atomic mass is 35.5. The van der Waals surface area contributed by atoms with Gasteiger partial charge in [-0.25, -0.2) is 0 Å². The molecule has 0 aliphatic rings. The number of rotatable bonds is 4. The zero-order chi connectivity index (χ0) is 12.3. The second-order valence-electron chi connectivity index (χ2n) is 4.09. The SMILES string of the molecule is Cc1cccc(CC(=O)Cc2ccc(Cl)s2)c1. The molecule has 3 heteroatoms. The summed E-state index contributed by atoms with van der Waals surface area (Å²) in [4.78, 5) is 12.9. The normalized spacial score (nSPS) is 10.5. The molecule has 0 saturated heterocycles. The molecule has 0 fully saturated rings. The third-order valence-electron chi connectivity index (χ3n) is 2.48. The second-order valence-corrected chi connectivity index (χ2v) is 5.89. The van der Waals surface area contributed by atoms with Crippen LogP contribution in [0.3, 0.4) is 0 Å². The van der Waals surface area contributed by atoms with E-state index >= 15 is 0 Å². The molecule has 88 valence electrons. The molecule has 1 nitrogen and oxygen atoms in total. The maximum atomic E-state index is 11.9. The van der Waals surface area contributed by atoms with Crippen LogP contribution in [0.2, 0.25) is 4.34 Å². The van der Waals surface area contributed by atoms with Crippen LogP contribution in [-0.2, 0) is 17.6 Å². The lowest BCUT2D eigenvalue weighted by Gasteiger charge is -2.01. The van der Waals surface area contributed by atoms with Crippen molar-refractivity contribution in [3.05, 3.63) is 56.7 Å². The predicted molar refractivity (Wildman–Crippen MR) is 72.9 cm³/mol. The van der Waals surface area contributed by atoms with E-state index in [0.717, 1.165) is 14.8 Å². The number of carbonyl (C=O) groups excluding carboxylic acids is 1. The number of carbonyl (C=O) groups is 1. The summed E-state index contributed by atoms with van der Waals surface area (Å²) in [5.74, 6) is 0.231. The number of halogens is 1. The average Bonchev–Trinajstić information content (AvgIpc) is 2.63. The summed E-state index contributed by atoms with van der Waals surface area (Å²) >= 11 is 7.31. The lowest BCUT2D eigenvalue weighted by atomic mass is 10.0. The Bertz CT molecular complexity index is 531. The minimum absolute atomic E-state index is 0.231. The summed E-state index contributed by atoms with van der Waals surface area (Å²) in [6.07, 6.45) is 0.975. The minimum atomic E-state index is 0.231. The maximum Gasteiger partial charge on any atom is 0.142 e. The lowest BCUT2D eigenvalue weighted by molar-refractivity contribution is -0.117. The quantitative estimate of drug-likeness (QED) is 0.814. The molecule has 0 unspecified atom stereocenters. The van der Waals surface area contributed by atoms with Gasteiger partial charge in [-0.15, -0.1) is 11.3 Å². The van der Waals surface area contributed by atoms with Gasteiger partial charge in [-0.2, -0.15) is 0 Å². The summed E-state index contributed by atoms with van der Waals surface area (Å²) in [6.45, 7) is 2.03. The molecule has 2 rings (SSSR count). The molecule has 0 bridgehead atoms. The van der Waals surface area contributed by atoms with E-state index in [2.05, 4.69) is 6.07 Å². The van der Waals surface area contributed by atoms with E-state index in [1.54, 1.807) is 0 Å². The monoisotopic (exact) mass is 264 g/mol. The number of thiophene rings is 1. The molecule has 0 atom stereocenters. The predicted octanol–water partition coefficient (Wildman–Crippen LogP) is 4.06. The molecule has 0 saturated carbocycles. The fraction of sp³-hybridized carbons (Fsp3) is 0.214. The van der Waals surface area contributed by atoms with Gasteiger partial charge in [0.2, 0.25) is 0 Å². The van der Waals surface area contributed by atoms with E-state index < -0.39 is 0 Å². The average molecular weight is 265 g/mol. The van der Waals surface area contributed by atoms with Crippen LogP contribution in [0, 0.1) is 6.92 Å². The molecular weight excluding hydrogens is 252 g/mol. The number of benzene rings is 1. The van der Waals surface area contributed by atoms with Crippen molar-refractivity contribution in [1.29, 1.82) is 0 Å². The fourth-order valence-corrected chi connectivity index (χ4v) is 2.87. The molecule has 0 spiro atoms. The Balaban J connectivity index is 1.98. The van der Waals surface area contributed by atoms with Crippen LogP contribution in [0.5, 0.6) is 0 Å². The first kappa shape index (κ1) is 12.3. The van der Waals surface area contributed by atoms with Crippen LogP contribution in [0.1, 0.15) is 16.0 Å². The highest BCUT2D eigenvalue weighted by molar-refractivity contribution is 7.16. The number of hydrogen-bond donors (Lipinski definition) is 0. The summed E-state index contributed by atoms with van der Waals surface area (Å²) < 4.78 is 0.739. The molecule has 2 aromatic rings. The summed E-state index contributed by atoms with van der Waals surface area (Å²) in [6, 6.07) is 11.8. The number of ketones is 1. The van der Waals surface area contributed by atoms with Gasteiger partial charge in [0, 0.05) is 17.7 Å². The van der Waals surface area contributed by atoms with E-state index in [1.807, 2.05) is 37.3 Å². The van der Waals surface area contributed by atoms with E-state index in [9.17, 15) is 4.79 Å². The Hall–Kier alpha value is -1.12. The molecule has 0 N–H and O–H groups in total. The van der Waals surface area contributed by atoms with Crippen molar-refractivity contribution in [2.24, 2.45) is 0 Å². The van der Waals surface area contributed by atoms with E-state index in [1.165, 1.54) is 16.9 Å². The Morgan fingerprint density at radius 1 is 1.24 bits per heavy atom. The smallest absolute Gasteiger partial charge is 0.142 e. The Morgan fingerprint density at radius 3 is 2.71 bits per heavy atom. The zero-order valence-electron chi connectivity index (χ0n) is 9.57. The van der Waals surface area contributed by atoms with Crippen molar-refractivity contribution in [1.82, 2.24) is 0 Å². The molecule has 17 heavy (non-hydrogen) atoms. The summed E-state index contributed by atoms with van der Waals surface area (Å²) in [5, 5.41) is 0. The van der Waals surface area contributed by atoms with Gasteiger partial charge in [0.1, 0.15) is 5.78 Å². The third kappa shape index (κ3) is 3.69. The van der Waals surface area contributed by atoms with E-state index in [4.69, 9.17) is 11.6 Å². The third-order valence-corrected chi connectivity index (χ3v) is 3.72. The van der Waals surface area contributed by atoms with Gasteiger partial charge >= 0.3 is 0 Å². The van der Waals surface area contributed by atoms with Crippen LogP contribution >= 0.6 is 22.9 Å². The maximum absolute atomic E-state index is 11.9. The number of Topliss-reactive ketones (excluding diaryl/α,β-unsaturated/α-hetero) is 1. The fourth-order valence-electron chi connectivity index (χ4n) is 1.75. The first-order chi connectivity index (χ1) is 8.13. The van der Waals surface area contributed by atoms with Gasteiger partial charge < -0.3 is 0 Å². The van der Waals surface area contributed by atoms with Crippen LogP contribution in [0.25, 0.3) is 0 Å². The highest BCUT2D eigenvalue weighted by Gasteiger charge is 2.07. The number of aryl methyl sites for hydroxylation is 1. The number of hydrogen-bond acceptors (Lipinski definition) is 2. The molecule has 0 aliphatic heterocycles. The van der Waals surface area contributed by atoms with E-state index in [-0.39, 0.29) is 5.78 Å². The topological polar surface area (TPSA) is 17.1 Å². The van der Waals surface area contributed by atoms with E-state index in [0.29, 0.717) is 12.8 Å². The van der Waals surface area contributed by atoms with Crippen molar-refractivity contribution < 1.29 is 4.79 Å².